The molecule has 4 nitrogen and oxygen atoms in total. The highest BCUT2D eigenvalue weighted by Crippen LogP contribution is 2.36. The van der Waals surface area contributed by atoms with Gasteiger partial charge >= 0.3 is 0 Å². The van der Waals surface area contributed by atoms with Gasteiger partial charge in [-0.2, -0.15) is 0 Å². The molecule has 0 bridgehead atoms. The Morgan fingerprint density at radius 3 is 2.20 bits per heavy atom. The van der Waals surface area contributed by atoms with E-state index in [0.717, 1.165) is 41.0 Å². The number of nitrogens with zero attached hydrogens (tertiary/aromatic N) is 2. The highest BCUT2D eigenvalue weighted by molar-refractivity contribution is 6.11. The zero-order valence-electron chi connectivity index (χ0n) is 17.0. The van der Waals surface area contributed by atoms with Crippen molar-refractivity contribution in [3.63, 3.8) is 0 Å². The average Bonchev–Trinajstić information content (AvgIpc) is 3.16. The van der Waals surface area contributed by atoms with Crippen molar-refractivity contribution < 1.29 is 9.90 Å². The van der Waals surface area contributed by atoms with E-state index in [2.05, 4.69) is 11.0 Å². The van der Waals surface area contributed by atoms with Crippen molar-refractivity contribution in [2.24, 2.45) is 0 Å². The van der Waals surface area contributed by atoms with Crippen LogP contribution in [0.3, 0.4) is 0 Å². The van der Waals surface area contributed by atoms with Gasteiger partial charge < -0.3 is 14.9 Å². The molecule has 2 heterocycles. The molecule has 1 amide bonds. The van der Waals surface area contributed by atoms with Gasteiger partial charge in [0, 0.05) is 35.6 Å². The summed E-state index contributed by atoms with van der Waals surface area (Å²) in [6, 6.07) is 23.4. The summed E-state index contributed by atoms with van der Waals surface area (Å²) in [4.78, 5) is 17.4. The van der Waals surface area contributed by atoms with Crippen LogP contribution < -0.4 is 9.80 Å². The highest BCUT2D eigenvalue weighted by Gasteiger charge is 2.32. The molecular formula is C26H26N2O2. The molecule has 4 heteroatoms. The maximum Gasteiger partial charge on any atom is 0.259 e. The molecule has 1 unspecified atom stereocenters. The van der Waals surface area contributed by atoms with E-state index in [1.807, 2.05) is 71.6 Å². The number of aliphatic hydroxyl groups is 1. The third-order valence-corrected chi connectivity index (χ3v) is 6.28. The number of carbonyl (C=O) groups is 1. The Kier molecular flexibility index (Phi) is 5.01. The zero-order chi connectivity index (χ0) is 20.5. The first-order valence-corrected chi connectivity index (χ1v) is 10.7. The smallest absolute Gasteiger partial charge is 0.259 e. The monoisotopic (exact) mass is 398 g/mol. The van der Waals surface area contributed by atoms with Crippen LogP contribution in [0.25, 0.3) is 0 Å². The van der Waals surface area contributed by atoms with Crippen molar-refractivity contribution in [1.82, 2.24) is 0 Å². The lowest BCUT2D eigenvalue weighted by Crippen LogP contribution is -2.30. The fourth-order valence-corrected chi connectivity index (χ4v) is 4.62. The second-order valence-electron chi connectivity index (χ2n) is 8.15. The number of fused-ring (bicyclic) bond motifs is 1. The summed E-state index contributed by atoms with van der Waals surface area (Å²) in [6.07, 6.45) is 3.05. The van der Waals surface area contributed by atoms with Gasteiger partial charge in [0.15, 0.2) is 0 Å². The lowest BCUT2D eigenvalue weighted by molar-refractivity contribution is 0.0996. The van der Waals surface area contributed by atoms with Crippen LogP contribution in [0.4, 0.5) is 11.4 Å². The number of carbonyl (C=O) groups excluding carboxylic acids is 1. The Bertz CT molecular complexity index is 1040. The van der Waals surface area contributed by atoms with Crippen LogP contribution >= 0.6 is 0 Å². The van der Waals surface area contributed by atoms with E-state index < -0.39 is 6.10 Å². The Morgan fingerprint density at radius 1 is 0.767 bits per heavy atom. The molecule has 1 saturated heterocycles. The number of hydrogen-bond donors (Lipinski definition) is 1. The zero-order valence-corrected chi connectivity index (χ0v) is 17.0. The van der Waals surface area contributed by atoms with Crippen molar-refractivity contribution in [3.05, 3.63) is 95.1 Å². The standard InChI is InChI=1S/C26H26N2O2/c29-25(19-8-3-1-4-9-19)20-12-14-21(15-13-20)28-18-23-22(26(28)30)10-7-11-24(23)27-16-5-2-6-17-27/h1,3-4,7-15,25,29H,2,5-6,16-18H2. The van der Waals surface area contributed by atoms with Gasteiger partial charge in [0.2, 0.25) is 0 Å². The van der Waals surface area contributed by atoms with Crippen LogP contribution in [-0.4, -0.2) is 24.1 Å². The second-order valence-corrected chi connectivity index (χ2v) is 8.15. The Labute approximate surface area is 177 Å². The van der Waals surface area contributed by atoms with Crippen molar-refractivity contribution in [3.8, 4) is 0 Å². The van der Waals surface area contributed by atoms with E-state index in [9.17, 15) is 9.90 Å². The lowest BCUT2D eigenvalue weighted by Gasteiger charge is -2.30. The number of anilines is 2. The number of piperidine rings is 1. The maximum absolute atomic E-state index is 13.1. The summed E-state index contributed by atoms with van der Waals surface area (Å²) >= 11 is 0. The molecule has 5 rings (SSSR count). The Hall–Kier alpha value is -3.11. The number of hydrogen-bond acceptors (Lipinski definition) is 3. The first-order chi connectivity index (χ1) is 14.7. The van der Waals surface area contributed by atoms with Crippen LogP contribution in [0.5, 0.6) is 0 Å². The fraction of sp³-hybridized carbons (Fsp3) is 0.269. The molecule has 30 heavy (non-hydrogen) atoms. The van der Waals surface area contributed by atoms with Gasteiger partial charge in [0.05, 0.1) is 6.54 Å². The van der Waals surface area contributed by atoms with Crippen molar-refractivity contribution in [2.75, 3.05) is 22.9 Å². The molecule has 0 radical (unpaired) electrons. The molecule has 2 aliphatic rings. The SMILES string of the molecule is O=C1c2cccc(N3CCCCC3)c2CN1c1ccc(C(O)c2ccccc2)cc1. The third kappa shape index (κ3) is 3.37. The molecule has 3 aromatic rings. The first-order valence-electron chi connectivity index (χ1n) is 10.7. The van der Waals surface area contributed by atoms with Gasteiger partial charge in [0.25, 0.3) is 5.91 Å². The highest BCUT2D eigenvalue weighted by atomic mass is 16.3. The van der Waals surface area contributed by atoms with Crippen LogP contribution in [0.1, 0.15) is 52.4 Å². The normalized spacial score (nSPS) is 17.2. The summed E-state index contributed by atoms with van der Waals surface area (Å²) in [6.45, 7) is 2.73. The summed E-state index contributed by atoms with van der Waals surface area (Å²) in [5.41, 5.74) is 5.71. The maximum atomic E-state index is 13.1. The van der Waals surface area contributed by atoms with Crippen LogP contribution in [0, 0.1) is 0 Å². The predicted octanol–water partition coefficient (Wildman–Crippen LogP) is 4.92. The Balaban J connectivity index is 1.39. The topological polar surface area (TPSA) is 43.8 Å². The summed E-state index contributed by atoms with van der Waals surface area (Å²) < 4.78 is 0. The van der Waals surface area contributed by atoms with Gasteiger partial charge in [-0.25, -0.2) is 0 Å². The van der Waals surface area contributed by atoms with Crippen LogP contribution in [0.2, 0.25) is 0 Å². The number of aliphatic hydroxyl groups excluding tert-OH is 1. The number of amides is 1. The third-order valence-electron chi connectivity index (χ3n) is 6.28. The molecule has 1 fully saturated rings. The largest absolute Gasteiger partial charge is 0.384 e. The lowest BCUT2D eigenvalue weighted by atomic mass is 10.0. The van der Waals surface area contributed by atoms with E-state index in [4.69, 9.17) is 0 Å². The number of benzene rings is 3. The summed E-state index contributed by atoms with van der Waals surface area (Å²) in [7, 11) is 0. The molecular weight excluding hydrogens is 372 g/mol. The summed E-state index contributed by atoms with van der Waals surface area (Å²) in [5, 5.41) is 10.6. The minimum atomic E-state index is -0.669. The summed E-state index contributed by atoms with van der Waals surface area (Å²) in [5.74, 6) is 0.0558. The van der Waals surface area contributed by atoms with E-state index >= 15 is 0 Å². The number of rotatable bonds is 4. The average molecular weight is 399 g/mol. The molecule has 0 aliphatic carbocycles. The van der Waals surface area contributed by atoms with Crippen LogP contribution in [0.15, 0.2) is 72.8 Å². The molecule has 1 atom stereocenters. The Morgan fingerprint density at radius 2 is 1.47 bits per heavy atom. The molecule has 1 N–H and O–H groups in total. The van der Waals surface area contributed by atoms with E-state index in [-0.39, 0.29) is 5.91 Å². The molecule has 2 aliphatic heterocycles. The quantitative estimate of drug-likeness (QED) is 0.678. The second kappa shape index (κ2) is 7.96. The van der Waals surface area contributed by atoms with Crippen molar-refractivity contribution in [2.45, 2.75) is 31.9 Å². The van der Waals surface area contributed by atoms with Crippen molar-refractivity contribution in [1.29, 1.82) is 0 Å². The molecule has 3 aromatic carbocycles. The van der Waals surface area contributed by atoms with Crippen molar-refractivity contribution >= 4 is 17.3 Å². The van der Waals surface area contributed by atoms with Gasteiger partial charge in [-0.3, -0.25) is 4.79 Å². The molecule has 0 spiro atoms. The van der Waals surface area contributed by atoms with E-state index in [1.54, 1.807) is 0 Å². The predicted molar refractivity (Wildman–Crippen MR) is 120 cm³/mol. The minimum absolute atomic E-state index is 0.0558. The first kappa shape index (κ1) is 18.9. The van der Waals surface area contributed by atoms with E-state index in [1.165, 1.54) is 24.9 Å². The van der Waals surface area contributed by atoms with Crippen LogP contribution in [-0.2, 0) is 6.54 Å². The van der Waals surface area contributed by atoms with Gasteiger partial charge in [-0.05, 0) is 54.7 Å². The molecule has 152 valence electrons. The molecule has 0 saturated carbocycles. The van der Waals surface area contributed by atoms with E-state index in [0.29, 0.717) is 6.54 Å². The van der Waals surface area contributed by atoms with Gasteiger partial charge in [-0.15, -0.1) is 0 Å². The minimum Gasteiger partial charge on any atom is -0.384 e. The van der Waals surface area contributed by atoms with Gasteiger partial charge in [0.1, 0.15) is 6.10 Å². The fourth-order valence-electron chi connectivity index (χ4n) is 4.62. The molecule has 0 aromatic heterocycles. The van der Waals surface area contributed by atoms with Gasteiger partial charge in [-0.1, -0.05) is 48.5 Å².